The number of nitrogens with zero attached hydrogens (tertiary/aromatic N) is 2. The second-order valence-electron chi connectivity index (χ2n) is 6.36. The number of carbonyl (C=O) groups is 1. The molecular weight excluding hydrogens is 459 g/mol. The molecule has 0 aliphatic heterocycles. The maximum absolute atomic E-state index is 11.7. The molecule has 0 saturated heterocycles. The Morgan fingerprint density at radius 2 is 1.85 bits per heavy atom. The monoisotopic (exact) mass is 492 g/mol. The Morgan fingerprint density at radius 1 is 1.19 bits per heavy atom. The number of rotatable bonds is 9. The zero-order valence-corrected chi connectivity index (χ0v) is 19.5. The molecule has 0 aliphatic carbocycles. The van der Waals surface area contributed by atoms with E-state index in [4.69, 9.17) is 9.47 Å². The molecule has 0 spiro atoms. The van der Waals surface area contributed by atoms with Crippen LogP contribution < -0.4 is 20.1 Å². The molecule has 0 bridgehead atoms. The predicted molar refractivity (Wildman–Crippen MR) is 121 cm³/mol. The number of carbonyl (C=O) groups excluding carboxylic acids is 1. The summed E-state index contributed by atoms with van der Waals surface area (Å²) in [6, 6.07) is 5.98. The van der Waals surface area contributed by atoms with E-state index in [1.165, 1.54) is 10.5 Å². The lowest BCUT2D eigenvalue weighted by molar-refractivity contribution is -0.127. The highest BCUT2D eigenvalue weighted by atomic mass is 127. The first-order valence-corrected chi connectivity index (χ1v) is 8.84. The van der Waals surface area contributed by atoms with Crippen molar-refractivity contribution in [2.75, 3.05) is 47.9 Å². The minimum Gasteiger partial charge on any atom is -0.493 e. The Kier molecular flexibility index (Phi) is 12.6. The lowest BCUT2D eigenvalue weighted by atomic mass is 10.0. The van der Waals surface area contributed by atoms with Crippen LogP contribution in [0.1, 0.15) is 19.4 Å². The molecule has 0 radical (unpaired) electrons. The van der Waals surface area contributed by atoms with Gasteiger partial charge in [-0.3, -0.25) is 4.79 Å². The number of amides is 1. The molecule has 0 heterocycles. The third kappa shape index (κ3) is 9.16. The van der Waals surface area contributed by atoms with E-state index in [9.17, 15) is 4.79 Å². The molecule has 0 aromatic heterocycles. The van der Waals surface area contributed by atoms with Crippen molar-refractivity contribution >= 4 is 35.8 Å². The number of methoxy groups -OCH3 is 2. The minimum atomic E-state index is -0.0272. The average Bonchev–Trinajstić information content (AvgIpc) is 2.63. The maximum atomic E-state index is 11.7. The van der Waals surface area contributed by atoms with Crippen LogP contribution in [0.5, 0.6) is 11.5 Å². The molecule has 1 rings (SSSR count). The molecule has 0 saturated carbocycles. The molecule has 1 unspecified atom stereocenters. The van der Waals surface area contributed by atoms with Crippen LogP contribution in [0.25, 0.3) is 0 Å². The standard InChI is InChI=1S/C19H32N4O3.HI/c1-7-20-19(22-13-18(24)23(3)4)21-12-14(2)10-15-8-9-16(25-5)17(11-15)26-6;/h8-9,11,14H,7,10,12-13H2,1-6H3,(H2,20,21,22);1H. The van der Waals surface area contributed by atoms with Crippen LogP contribution in [-0.2, 0) is 11.2 Å². The molecule has 1 aromatic rings. The molecule has 154 valence electrons. The van der Waals surface area contributed by atoms with Gasteiger partial charge in [-0.2, -0.15) is 0 Å². The van der Waals surface area contributed by atoms with Crippen molar-refractivity contribution < 1.29 is 14.3 Å². The van der Waals surface area contributed by atoms with Gasteiger partial charge in [-0.15, -0.1) is 24.0 Å². The number of benzene rings is 1. The molecule has 1 aromatic carbocycles. The smallest absolute Gasteiger partial charge is 0.243 e. The first-order valence-electron chi connectivity index (χ1n) is 8.84. The van der Waals surface area contributed by atoms with E-state index < -0.39 is 0 Å². The summed E-state index contributed by atoms with van der Waals surface area (Å²) in [5.41, 5.74) is 1.18. The van der Waals surface area contributed by atoms with Crippen molar-refractivity contribution in [1.29, 1.82) is 0 Å². The number of likely N-dealkylation sites (N-methyl/N-ethyl adjacent to an activating group) is 1. The van der Waals surface area contributed by atoms with Crippen molar-refractivity contribution in [3.8, 4) is 11.5 Å². The Labute approximate surface area is 179 Å². The van der Waals surface area contributed by atoms with Gasteiger partial charge in [0, 0.05) is 27.2 Å². The number of hydrogen-bond acceptors (Lipinski definition) is 4. The van der Waals surface area contributed by atoms with Gasteiger partial charge in [0.2, 0.25) is 5.91 Å². The number of halogens is 1. The van der Waals surface area contributed by atoms with Gasteiger partial charge in [0.1, 0.15) is 6.54 Å². The van der Waals surface area contributed by atoms with Crippen LogP contribution in [0, 0.1) is 5.92 Å². The van der Waals surface area contributed by atoms with Crippen LogP contribution in [0.15, 0.2) is 23.2 Å². The minimum absolute atomic E-state index is 0. The van der Waals surface area contributed by atoms with Gasteiger partial charge in [0.15, 0.2) is 17.5 Å². The number of ether oxygens (including phenoxy) is 2. The second kappa shape index (κ2) is 13.5. The fourth-order valence-corrected chi connectivity index (χ4v) is 2.38. The van der Waals surface area contributed by atoms with E-state index in [0.717, 1.165) is 31.0 Å². The molecule has 27 heavy (non-hydrogen) atoms. The summed E-state index contributed by atoms with van der Waals surface area (Å²) in [7, 11) is 6.72. The number of guanidine groups is 1. The first kappa shape index (κ1) is 25.3. The van der Waals surface area contributed by atoms with Crippen molar-refractivity contribution in [1.82, 2.24) is 15.5 Å². The molecule has 0 aliphatic rings. The third-order valence-corrected chi connectivity index (χ3v) is 3.87. The fraction of sp³-hybridized carbons (Fsp3) is 0.579. The fourth-order valence-electron chi connectivity index (χ4n) is 2.38. The highest BCUT2D eigenvalue weighted by molar-refractivity contribution is 14.0. The van der Waals surface area contributed by atoms with Gasteiger partial charge < -0.3 is 25.0 Å². The zero-order chi connectivity index (χ0) is 19.5. The summed E-state index contributed by atoms with van der Waals surface area (Å²) in [6.45, 7) is 5.78. The van der Waals surface area contributed by atoms with Crippen molar-refractivity contribution in [3.63, 3.8) is 0 Å². The quantitative estimate of drug-likeness (QED) is 0.314. The van der Waals surface area contributed by atoms with Crippen LogP contribution in [0.3, 0.4) is 0 Å². The summed E-state index contributed by atoms with van der Waals surface area (Å²) in [6.07, 6.45) is 0.892. The highest BCUT2D eigenvalue weighted by Gasteiger charge is 2.10. The Balaban J connectivity index is 0.00000676. The molecule has 7 nitrogen and oxygen atoms in total. The lowest BCUT2D eigenvalue weighted by Gasteiger charge is -2.17. The molecule has 1 atom stereocenters. The van der Waals surface area contributed by atoms with E-state index in [0.29, 0.717) is 11.9 Å². The van der Waals surface area contributed by atoms with Gasteiger partial charge in [0.05, 0.1) is 14.2 Å². The summed E-state index contributed by atoms with van der Waals surface area (Å²) >= 11 is 0. The van der Waals surface area contributed by atoms with E-state index >= 15 is 0 Å². The Hall–Kier alpha value is -1.71. The van der Waals surface area contributed by atoms with Gasteiger partial charge in [-0.05, 0) is 37.0 Å². The van der Waals surface area contributed by atoms with Crippen LogP contribution >= 0.6 is 24.0 Å². The van der Waals surface area contributed by atoms with Crippen LogP contribution in [-0.4, -0.2) is 64.7 Å². The number of hydrogen-bond donors (Lipinski definition) is 2. The van der Waals surface area contributed by atoms with Gasteiger partial charge in [-0.25, -0.2) is 4.99 Å². The molecule has 1 amide bonds. The lowest BCUT2D eigenvalue weighted by Crippen LogP contribution is -2.40. The topological polar surface area (TPSA) is 75.2 Å². The zero-order valence-electron chi connectivity index (χ0n) is 17.2. The largest absolute Gasteiger partial charge is 0.493 e. The summed E-state index contributed by atoms with van der Waals surface area (Å²) in [5, 5.41) is 6.46. The molecule has 0 fully saturated rings. The number of aliphatic imine (C=N–C) groups is 1. The van der Waals surface area contributed by atoms with Gasteiger partial charge in [-0.1, -0.05) is 13.0 Å². The SMILES string of the molecule is CCNC(=NCC(=O)N(C)C)NCC(C)Cc1ccc(OC)c(OC)c1.I. The summed E-state index contributed by atoms with van der Waals surface area (Å²) in [5.74, 6) is 2.47. The highest BCUT2D eigenvalue weighted by Crippen LogP contribution is 2.28. The van der Waals surface area contributed by atoms with Gasteiger partial charge >= 0.3 is 0 Å². The van der Waals surface area contributed by atoms with E-state index in [-0.39, 0.29) is 36.4 Å². The average molecular weight is 492 g/mol. The summed E-state index contributed by atoms with van der Waals surface area (Å²) < 4.78 is 10.6. The van der Waals surface area contributed by atoms with Crippen molar-refractivity contribution in [3.05, 3.63) is 23.8 Å². The predicted octanol–water partition coefficient (Wildman–Crippen LogP) is 2.14. The van der Waals surface area contributed by atoms with Gasteiger partial charge in [0.25, 0.3) is 0 Å². The van der Waals surface area contributed by atoms with Crippen LogP contribution in [0.2, 0.25) is 0 Å². The molecule has 8 heteroatoms. The van der Waals surface area contributed by atoms with Crippen molar-refractivity contribution in [2.45, 2.75) is 20.3 Å². The maximum Gasteiger partial charge on any atom is 0.243 e. The van der Waals surface area contributed by atoms with E-state index in [1.807, 2.05) is 25.1 Å². The second-order valence-corrected chi connectivity index (χ2v) is 6.36. The normalized spacial score (nSPS) is 11.9. The van der Waals surface area contributed by atoms with Crippen LogP contribution in [0.4, 0.5) is 0 Å². The molecular formula is C19H33IN4O3. The third-order valence-electron chi connectivity index (χ3n) is 3.87. The Morgan fingerprint density at radius 3 is 2.41 bits per heavy atom. The first-order chi connectivity index (χ1) is 12.4. The van der Waals surface area contributed by atoms with E-state index in [2.05, 4.69) is 22.5 Å². The number of nitrogens with one attached hydrogen (secondary N) is 2. The van der Waals surface area contributed by atoms with Crippen molar-refractivity contribution in [2.24, 2.45) is 10.9 Å². The summed E-state index contributed by atoms with van der Waals surface area (Å²) in [4.78, 5) is 17.5. The molecule has 2 N–H and O–H groups in total. The Bertz CT molecular complexity index is 609. The van der Waals surface area contributed by atoms with E-state index in [1.54, 1.807) is 28.3 Å².